The number of halogens is 3. The predicted molar refractivity (Wildman–Crippen MR) is 70.7 cm³/mol. The van der Waals surface area contributed by atoms with Crippen LogP contribution >= 0.6 is 11.6 Å². The van der Waals surface area contributed by atoms with Crippen molar-refractivity contribution in [3.8, 4) is 0 Å². The zero-order chi connectivity index (χ0) is 14.2. The van der Waals surface area contributed by atoms with Gasteiger partial charge in [-0.3, -0.25) is 4.79 Å². The summed E-state index contributed by atoms with van der Waals surface area (Å²) < 4.78 is 27.2. The number of rotatable bonds is 2. The molecule has 0 N–H and O–H groups in total. The van der Waals surface area contributed by atoms with Crippen molar-refractivity contribution < 1.29 is 13.6 Å². The molecule has 0 saturated carbocycles. The van der Waals surface area contributed by atoms with E-state index in [4.69, 9.17) is 11.6 Å². The van der Waals surface area contributed by atoms with Crippen LogP contribution in [0.1, 0.15) is 27.0 Å². The molecular formula is C15H11ClF2O. The van der Waals surface area contributed by atoms with Crippen LogP contribution in [0.15, 0.2) is 30.3 Å². The number of hydrogen-bond acceptors (Lipinski definition) is 1. The van der Waals surface area contributed by atoms with E-state index in [0.717, 1.165) is 17.7 Å². The van der Waals surface area contributed by atoms with Crippen LogP contribution in [0, 0.1) is 25.5 Å². The highest BCUT2D eigenvalue weighted by Crippen LogP contribution is 2.23. The van der Waals surface area contributed by atoms with E-state index < -0.39 is 17.4 Å². The molecule has 98 valence electrons. The number of carbonyl (C=O) groups excluding carboxylic acids is 1. The lowest BCUT2D eigenvalue weighted by Gasteiger charge is -2.07. The topological polar surface area (TPSA) is 17.1 Å². The second kappa shape index (κ2) is 5.10. The van der Waals surface area contributed by atoms with Gasteiger partial charge >= 0.3 is 0 Å². The molecule has 0 unspecified atom stereocenters. The third kappa shape index (κ3) is 2.66. The van der Waals surface area contributed by atoms with Gasteiger partial charge in [0.25, 0.3) is 0 Å². The minimum absolute atomic E-state index is 0.157. The van der Waals surface area contributed by atoms with Gasteiger partial charge < -0.3 is 0 Å². The summed E-state index contributed by atoms with van der Waals surface area (Å²) in [7, 11) is 0. The maximum Gasteiger partial charge on any atom is 0.197 e. The number of ketones is 1. The fraction of sp³-hybridized carbons (Fsp3) is 0.133. The Labute approximate surface area is 114 Å². The maximum atomic E-state index is 13.7. The summed E-state index contributed by atoms with van der Waals surface area (Å²) >= 11 is 5.96. The van der Waals surface area contributed by atoms with Crippen molar-refractivity contribution in [3.63, 3.8) is 0 Å². The highest BCUT2D eigenvalue weighted by atomic mass is 35.5. The monoisotopic (exact) mass is 280 g/mol. The van der Waals surface area contributed by atoms with Crippen LogP contribution in [0.4, 0.5) is 8.78 Å². The quantitative estimate of drug-likeness (QED) is 0.742. The van der Waals surface area contributed by atoms with E-state index in [2.05, 4.69) is 0 Å². The summed E-state index contributed by atoms with van der Waals surface area (Å²) in [6.07, 6.45) is 0. The molecular weight excluding hydrogens is 270 g/mol. The van der Waals surface area contributed by atoms with E-state index >= 15 is 0 Å². The van der Waals surface area contributed by atoms with Gasteiger partial charge in [-0.25, -0.2) is 8.78 Å². The lowest BCUT2D eigenvalue weighted by molar-refractivity contribution is 0.103. The molecule has 0 radical (unpaired) electrons. The number of aryl methyl sites for hydroxylation is 2. The standard InChI is InChI=1S/C15H11ClF2O/c1-8-3-4-10(12(16)5-8)15(19)11-7-13(17)9(2)6-14(11)18/h3-7H,1-2H3. The van der Waals surface area contributed by atoms with Crippen molar-refractivity contribution >= 4 is 17.4 Å². The number of carbonyl (C=O) groups is 1. The average Bonchev–Trinajstić information content (AvgIpc) is 2.33. The van der Waals surface area contributed by atoms with Crippen molar-refractivity contribution in [1.29, 1.82) is 0 Å². The Hall–Kier alpha value is -1.74. The first-order valence-electron chi connectivity index (χ1n) is 5.66. The average molecular weight is 281 g/mol. The van der Waals surface area contributed by atoms with Crippen molar-refractivity contribution in [3.05, 3.63) is 69.2 Å². The molecule has 0 amide bonds. The Bertz CT molecular complexity index is 665. The summed E-state index contributed by atoms with van der Waals surface area (Å²) in [5, 5.41) is 0.227. The number of hydrogen-bond donors (Lipinski definition) is 0. The van der Waals surface area contributed by atoms with E-state index in [1.165, 1.54) is 13.0 Å². The van der Waals surface area contributed by atoms with Crippen LogP contribution in [0.3, 0.4) is 0 Å². The molecule has 19 heavy (non-hydrogen) atoms. The molecule has 2 rings (SSSR count). The summed E-state index contributed by atoms with van der Waals surface area (Å²) in [5.74, 6) is -1.99. The van der Waals surface area contributed by atoms with E-state index in [1.54, 1.807) is 12.1 Å². The molecule has 0 aromatic heterocycles. The Morgan fingerprint density at radius 2 is 1.68 bits per heavy atom. The van der Waals surface area contributed by atoms with Crippen LogP contribution in [0.2, 0.25) is 5.02 Å². The molecule has 0 aliphatic rings. The molecule has 0 saturated heterocycles. The second-order valence-corrected chi connectivity index (χ2v) is 4.80. The molecule has 0 atom stereocenters. The van der Waals surface area contributed by atoms with Crippen molar-refractivity contribution in [2.45, 2.75) is 13.8 Å². The van der Waals surface area contributed by atoms with Gasteiger partial charge in [0.2, 0.25) is 0 Å². The number of benzene rings is 2. The normalized spacial score (nSPS) is 10.6. The second-order valence-electron chi connectivity index (χ2n) is 4.39. The summed E-state index contributed by atoms with van der Waals surface area (Å²) in [5.41, 5.74) is 0.893. The van der Waals surface area contributed by atoms with E-state index in [9.17, 15) is 13.6 Å². The van der Waals surface area contributed by atoms with Gasteiger partial charge in [0.15, 0.2) is 5.78 Å². The summed E-state index contributed by atoms with van der Waals surface area (Å²) in [6, 6.07) is 6.73. The molecule has 1 nitrogen and oxygen atoms in total. The minimum Gasteiger partial charge on any atom is -0.288 e. The van der Waals surface area contributed by atoms with Crippen molar-refractivity contribution in [2.24, 2.45) is 0 Å². The van der Waals surface area contributed by atoms with E-state index in [0.29, 0.717) is 0 Å². The highest BCUT2D eigenvalue weighted by molar-refractivity contribution is 6.35. The lowest BCUT2D eigenvalue weighted by atomic mass is 10.0. The van der Waals surface area contributed by atoms with Crippen LogP contribution < -0.4 is 0 Å². The third-order valence-corrected chi connectivity index (χ3v) is 3.17. The first-order valence-corrected chi connectivity index (χ1v) is 6.04. The van der Waals surface area contributed by atoms with Crippen LogP contribution in [0.25, 0.3) is 0 Å². The molecule has 0 fully saturated rings. The SMILES string of the molecule is Cc1ccc(C(=O)c2cc(F)c(C)cc2F)c(Cl)c1. The van der Waals surface area contributed by atoms with Gasteiger partial charge in [0, 0.05) is 5.56 Å². The van der Waals surface area contributed by atoms with Gasteiger partial charge in [-0.05, 0) is 49.2 Å². The van der Waals surface area contributed by atoms with Crippen LogP contribution in [-0.2, 0) is 0 Å². The fourth-order valence-corrected chi connectivity index (χ4v) is 2.09. The van der Waals surface area contributed by atoms with E-state index in [-0.39, 0.29) is 21.7 Å². The van der Waals surface area contributed by atoms with Crippen molar-refractivity contribution in [1.82, 2.24) is 0 Å². The smallest absolute Gasteiger partial charge is 0.197 e. The predicted octanol–water partition coefficient (Wildman–Crippen LogP) is 4.47. The van der Waals surface area contributed by atoms with Crippen LogP contribution in [-0.4, -0.2) is 5.78 Å². The van der Waals surface area contributed by atoms with E-state index in [1.807, 2.05) is 6.92 Å². The highest BCUT2D eigenvalue weighted by Gasteiger charge is 2.18. The van der Waals surface area contributed by atoms with Crippen LogP contribution in [0.5, 0.6) is 0 Å². The zero-order valence-corrected chi connectivity index (χ0v) is 11.2. The Morgan fingerprint density at radius 1 is 1.00 bits per heavy atom. The maximum absolute atomic E-state index is 13.7. The molecule has 2 aromatic rings. The molecule has 0 aliphatic carbocycles. The molecule has 0 aliphatic heterocycles. The first kappa shape index (κ1) is 13.7. The molecule has 0 heterocycles. The summed E-state index contributed by atoms with van der Waals surface area (Å²) in [4.78, 5) is 12.2. The molecule has 4 heteroatoms. The van der Waals surface area contributed by atoms with Gasteiger partial charge in [0.05, 0.1) is 10.6 Å². The lowest BCUT2D eigenvalue weighted by Crippen LogP contribution is -2.06. The summed E-state index contributed by atoms with van der Waals surface area (Å²) in [6.45, 7) is 3.26. The molecule has 0 spiro atoms. The van der Waals surface area contributed by atoms with Gasteiger partial charge in [-0.2, -0.15) is 0 Å². The molecule has 0 bridgehead atoms. The van der Waals surface area contributed by atoms with Crippen molar-refractivity contribution in [2.75, 3.05) is 0 Å². The van der Waals surface area contributed by atoms with Gasteiger partial charge in [-0.15, -0.1) is 0 Å². The Balaban J connectivity index is 2.53. The third-order valence-electron chi connectivity index (χ3n) is 2.86. The first-order chi connectivity index (χ1) is 8.90. The Kier molecular flexibility index (Phi) is 3.67. The van der Waals surface area contributed by atoms with Gasteiger partial charge in [-0.1, -0.05) is 17.7 Å². The minimum atomic E-state index is -0.749. The zero-order valence-electron chi connectivity index (χ0n) is 10.4. The fourth-order valence-electron chi connectivity index (χ4n) is 1.77. The molecule has 2 aromatic carbocycles. The largest absolute Gasteiger partial charge is 0.288 e. The van der Waals surface area contributed by atoms with Gasteiger partial charge in [0.1, 0.15) is 11.6 Å². The Morgan fingerprint density at radius 3 is 2.32 bits per heavy atom.